The van der Waals surface area contributed by atoms with Crippen LogP contribution in [0.3, 0.4) is 0 Å². The molecule has 3 aliphatic carbocycles. The molecule has 4 nitrogen and oxygen atoms in total. The Morgan fingerprint density at radius 3 is 1.17 bits per heavy atom. The molecule has 1 radical (unpaired) electrons. The van der Waals surface area contributed by atoms with Crippen LogP contribution in [0.25, 0.3) is 0 Å². The summed E-state index contributed by atoms with van der Waals surface area (Å²) in [6.07, 6.45) is 17.9. The zero-order chi connectivity index (χ0) is 44.2. The number of benzene rings is 2. The molecule has 12 heteroatoms. The van der Waals surface area contributed by atoms with E-state index in [4.69, 9.17) is 0 Å². The average Bonchev–Trinajstić information content (AvgIpc) is 3.13. The fourth-order valence-corrected chi connectivity index (χ4v) is 8.09. The van der Waals surface area contributed by atoms with Crippen molar-refractivity contribution >= 4 is 19.4 Å². The van der Waals surface area contributed by atoms with Gasteiger partial charge in [-0.15, -0.1) is 0 Å². The van der Waals surface area contributed by atoms with Crippen LogP contribution >= 0.6 is 7.81 Å². The Kier molecular flexibility index (Phi) is 15.9. The van der Waals surface area contributed by atoms with Gasteiger partial charge in [-0.2, -0.15) is 0 Å². The van der Waals surface area contributed by atoms with Gasteiger partial charge in [0.1, 0.15) is 0 Å². The Balaban J connectivity index is 0.00000110. The SMILES string of the molecule is CC[C@H](C1=C(C)C=C/C(=C/N[C@H]2CCCC[C@@H]2N/C=C2/C=CC(C)=C([C@H](CC)c3ccc(C(C)(C)C)cc3)C2=O)C1=O)c1ccc(C(C)(C)C)cc1.F[P-](F)(F)(F)(F)F.[Mn]. The minimum Gasteiger partial charge on any atom is 0 e. The van der Waals surface area contributed by atoms with E-state index >= 15 is 0 Å². The molecular weight excluding hydrogens is 836 g/mol. The van der Waals surface area contributed by atoms with Crippen molar-refractivity contribution in [2.24, 2.45) is 0 Å². The van der Waals surface area contributed by atoms with Crippen LogP contribution < -0.4 is 10.6 Å². The van der Waals surface area contributed by atoms with Crippen LogP contribution in [0, 0.1) is 0 Å². The van der Waals surface area contributed by atoms with Crippen LogP contribution in [-0.4, -0.2) is 23.7 Å². The van der Waals surface area contributed by atoms with Gasteiger partial charge in [0, 0.05) is 75.7 Å². The first kappa shape index (κ1) is 50.7. The van der Waals surface area contributed by atoms with E-state index in [0.29, 0.717) is 11.1 Å². The fourth-order valence-electron chi connectivity index (χ4n) is 8.09. The molecule has 5 rings (SSSR count). The summed E-state index contributed by atoms with van der Waals surface area (Å²) in [5, 5.41) is 7.29. The second-order valence-electron chi connectivity index (χ2n) is 18.2. The van der Waals surface area contributed by atoms with Crippen molar-refractivity contribution in [2.75, 3.05) is 0 Å². The molecule has 2 aromatic carbocycles. The number of rotatable bonds is 10. The molecule has 2 N–H and O–H groups in total. The maximum atomic E-state index is 14.1. The van der Waals surface area contributed by atoms with Gasteiger partial charge < -0.3 is 10.6 Å². The summed E-state index contributed by atoms with van der Waals surface area (Å²) in [6, 6.07) is 17.9. The van der Waals surface area contributed by atoms with E-state index in [1.807, 2.05) is 24.6 Å². The summed E-state index contributed by atoms with van der Waals surface area (Å²) in [7, 11) is -10.7. The number of hydrogen-bond donors (Lipinski definition) is 2. The fraction of sp³-hybridized carbons (Fsp3) is 0.458. The van der Waals surface area contributed by atoms with Crippen molar-refractivity contribution in [3.05, 3.63) is 141 Å². The van der Waals surface area contributed by atoms with Crippen LogP contribution in [-0.2, 0) is 37.5 Å². The summed E-state index contributed by atoms with van der Waals surface area (Å²) in [5.74, 6) is 0.300. The molecule has 4 atom stereocenters. The quantitative estimate of drug-likeness (QED) is 0.108. The standard InChI is InChI=1S/C48H62N2O2.F6P.Mn/c1-11-39(33-21-25-37(26-22-33)47(5,6)7)43-31(3)17-19-35(45(43)51)29-49-41-15-13-14-16-42(41)50-30-36-20-18-32(4)44(46(36)52)40(12-2)34-23-27-38(28-24-34)48(8,9)10;1-7(2,3,4,5)6;/h17-30,39-42,49-50H,11-16H2,1-10H3;;/q;-1;/b35-29-,36-30-;;/t39-,40+,41-,42-;;/m0../s1. The summed E-state index contributed by atoms with van der Waals surface area (Å²) < 4.78 is 59.2. The molecule has 0 heterocycles. The molecule has 60 heavy (non-hydrogen) atoms. The van der Waals surface area contributed by atoms with Gasteiger partial charge in [-0.05, 0) is 95.9 Å². The summed E-state index contributed by atoms with van der Waals surface area (Å²) in [5.41, 5.74) is 10.4. The van der Waals surface area contributed by atoms with E-state index < -0.39 is 7.81 Å². The van der Waals surface area contributed by atoms with E-state index in [1.54, 1.807) is 0 Å². The smallest absolute Gasteiger partial charge is 0 e. The molecule has 331 valence electrons. The third-order valence-electron chi connectivity index (χ3n) is 11.4. The molecule has 2 aromatic rings. The minimum absolute atomic E-state index is 0. The van der Waals surface area contributed by atoms with Crippen LogP contribution in [0.15, 0.2) is 119 Å². The molecule has 0 aromatic heterocycles. The Morgan fingerprint density at radius 1 is 0.600 bits per heavy atom. The van der Waals surface area contributed by atoms with E-state index in [9.17, 15) is 34.8 Å². The first-order valence-corrected chi connectivity index (χ1v) is 22.7. The van der Waals surface area contributed by atoms with Crippen LogP contribution in [0.1, 0.15) is 142 Å². The summed E-state index contributed by atoms with van der Waals surface area (Å²) >= 11 is 0. The Bertz CT molecular complexity index is 1920. The first-order valence-electron chi connectivity index (χ1n) is 20.7. The van der Waals surface area contributed by atoms with E-state index in [-0.39, 0.29) is 63.4 Å². The van der Waals surface area contributed by atoms with E-state index in [2.05, 4.69) is 141 Å². The van der Waals surface area contributed by atoms with Gasteiger partial charge in [0.05, 0.1) is 0 Å². The molecule has 0 unspecified atom stereocenters. The zero-order valence-corrected chi connectivity index (χ0v) is 38.6. The topological polar surface area (TPSA) is 58.2 Å². The third kappa shape index (κ3) is 14.5. The summed E-state index contributed by atoms with van der Waals surface area (Å²) in [6.45, 7) is 21.8. The molecule has 0 spiro atoms. The number of halogens is 6. The number of ketones is 2. The molecule has 1 fully saturated rings. The van der Waals surface area contributed by atoms with Crippen molar-refractivity contribution in [2.45, 2.75) is 143 Å². The number of allylic oxidation sites excluding steroid dienone is 10. The van der Waals surface area contributed by atoms with Gasteiger partial charge in [-0.1, -0.05) is 129 Å². The van der Waals surface area contributed by atoms with Crippen molar-refractivity contribution in [1.29, 1.82) is 0 Å². The monoisotopic (exact) mass is 898 g/mol. The predicted molar refractivity (Wildman–Crippen MR) is 232 cm³/mol. The normalized spacial score (nSPS) is 22.4. The molecule has 0 bridgehead atoms. The summed E-state index contributed by atoms with van der Waals surface area (Å²) in [4.78, 5) is 28.1. The maximum Gasteiger partial charge on any atom is 0 e. The number of hydrogen-bond acceptors (Lipinski definition) is 4. The van der Waals surface area contributed by atoms with Gasteiger partial charge in [0.25, 0.3) is 0 Å². The molecule has 1 saturated carbocycles. The molecule has 3 aliphatic rings. The van der Waals surface area contributed by atoms with Gasteiger partial charge in [-0.25, -0.2) is 0 Å². The molecule has 0 saturated heterocycles. The van der Waals surface area contributed by atoms with Gasteiger partial charge in [0.15, 0.2) is 11.6 Å². The molecular formula is C48H62F6MnN2O2P-. The number of carbonyl (C=O) groups excluding carboxylic acids is 2. The number of nitrogens with one attached hydrogen (secondary N) is 2. The largest absolute Gasteiger partial charge is 0 e. The van der Waals surface area contributed by atoms with E-state index in [1.165, 1.54) is 22.3 Å². The Hall–Kier alpha value is -3.65. The zero-order valence-electron chi connectivity index (χ0n) is 36.5. The molecule has 0 aliphatic heterocycles. The minimum atomic E-state index is -10.7. The first-order chi connectivity index (χ1) is 27.1. The van der Waals surface area contributed by atoms with Gasteiger partial charge >= 0.3 is 33.0 Å². The second kappa shape index (κ2) is 18.8. The van der Waals surface area contributed by atoms with Gasteiger partial charge in [-0.3, -0.25) is 9.59 Å². The second-order valence-corrected chi connectivity index (χ2v) is 20.1. The van der Waals surface area contributed by atoms with Crippen LogP contribution in [0.5, 0.6) is 0 Å². The van der Waals surface area contributed by atoms with Gasteiger partial charge in [0.2, 0.25) is 0 Å². The Labute approximate surface area is 363 Å². The average molecular weight is 899 g/mol. The van der Waals surface area contributed by atoms with Crippen molar-refractivity contribution < 1.29 is 51.8 Å². The maximum absolute atomic E-state index is 14.1. The number of Topliss-reactive ketones (excluding diaryl/α,β-unsaturated/α-hetero) is 2. The van der Waals surface area contributed by atoms with Crippen molar-refractivity contribution in [1.82, 2.24) is 10.6 Å². The Morgan fingerprint density at radius 2 is 0.900 bits per heavy atom. The predicted octanol–water partition coefficient (Wildman–Crippen LogP) is 14.5. The third-order valence-corrected chi connectivity index (χ3v) is 11.4. The van der Waals surface area contributed by atoms with Crippen LogP contribution in [0.4, 0.5) is 25.2 Å². The van der Waals surface area contributed by atoms with Crippen molar-refractivity contribution in [3.63, 3.8) is 0 Å². The van der Waals surface area contributed by atoms with E-state index in [0.717, 1.165) is 60.8 Å². The van der Waals surface area contributed by atoms with Crippen molar-refractivity contribution in [3.8, 4) is 0 Å². The molecule has 0 amide bonds. The van der Waals surface area contributed by atoms with Crippen LogP contribution in [0.2, 0.25) is 0 Å². The number of carbonyl (C=O) groups is 2.